The smallest absolute Gasteiger partial charge is 0.329 e. The molecule has 1 aliphatic rings. The molecule has 2 N–H and O–H groups in total. The van der Waals surface area contributed by atoms with E-state index in [2.05, 4.69) is 10.6 Å². The summed E-state index contributed by atoms with van der Waals surface area (Å²) in [4.78, 5) is 38.2. The number of amides is 4. The molecule has 2 aromatic carbocycles. The predicted molar refractivity (Wildman–Crippen MR) is 121 cm³/mol. The summed E-state index contributed by atoms with van der Waals surface area (Å²) >= 11 is 0. The minimum Gasteiger partial charge on any atom is -0.493 e. The predicted octanol–water partition coefficient (Wildman–Crippen LogP) is 3.71. The summed E-state index contributed by atoms with van der Waals surface area (Å²) in [5.41, 5.74) is 2.31. The molecule has 1 fully saturated rings. The second-order valence-corrected chi connectivity index (χ2v) is 7.54. The average molecular weight is 437 g/mol. The van der Waals surface area contributed by atoms with Crippen molar-refractivity contribution in [3.8, 4) is 11.5 Å². The van der Waals surface area contributed by atoms with Crippen molar-refractivity contribution >= 4 is 29.6 Å². The number of urea groups is 1. The monoisotopic (exact) mass is 437 g/mol. The molecule has 0 aliphatic carbocycles. The van der Waals surface area contributed by atoms with Gasteiger partial charge < -0.3 is 20.1 Å². The molecule has 0 spiro atoms. The van der Waals surface area contributed by atoms with Crippen molar-refractivity contribution in [2.75, 3.05) is 19.0 Å². The first-order valence-corrected chi connectivity index (χ1v) is 10.4. The van der Waals surface area contributed by atoms with E-state index < -0.39 is 17.8 Å². The molecule has 0 radical (unpaired) electrons. The van der Waals surface area contributed by atoms with Gasteiger partial charge in [-0.25, -0.2) is 9.69 Å². The number of hydrogen-bond donors (Lipinski definition) is 2. The lowest BCUT2D eigenvalue weighted by atomic mass is 10.1. The fraction of sp³-hybridized carbons (Fsp3) is 0.292. The SMILES string of the molecule is CC[C@@H](C)Oc1ccc(/C=C2/NC(=O)N(CC(=O)Nc3cccc(C)c3)C2=O)cc1OC. The first-order chi connectivity index (χ1) is 15.3. The highest BCUT2D eigenvalue weighted by molar-refractivity contribution is 6.15. The number of rotatable bonds is 8. The Balaban J connectivity index is 1.71. The average Bonchev–Trinajstić information content (AvgIpc) is 3.01. The van der Waals surface area contributed by atoms with E-state index in [9.17, 15) is 14.4 Å². The van der Waals surface area contributed by atoms with Crippen LogP contribution in [0, 0.1) is 6.92 Å². The molecule has 168 valence electrons. The first-order valence-electron chi connectivity index (χ1n) is 10.4. The highest BCUT2D eigenvalue weighted by Gasteiger charge is 2.35. The number of methoxy groups -OCH3 is 1. The third kappa shape index (κ3) is 5.46. The van der Waals surface area contributed by atoms with Gasteiger partial charge in [-0.05, 0) is 61.7 Å². The van der Waals surface area contributed by atoms with E-state index >= 15 is 0 Å². The number of nitrogens with zero attached hydrogens (tertiary/aromatic N) is 1. The molecule has 8 heteroatoms. The topological polar surface area (TPSA) is 97.0 Å². The molecular weight excluding hydrogens is 410 g/mol. The number of hydrogen-bond acceptors (Lipinski definition) is 5. The maximum Gasteiger partial charge on any atom is 0.329 e. The first kappa shape index (κ1) is 22.9. The highest BCUT2D eigenvalue weighted by atomic mass is 16.5. The van der Waals surface area contributed by atoms with E-state index in [-0.39, 0.29) is 18.3 Å². The van der Waals surface area contributed by atoms with E-state index in [1.807, 2.05) is 32.9 Å². The number of nitrogens with one attached hydrogen (secondary N) is 2. The van der Waals surface area contributed by atoms with Crippen LogP contribution in [-0.2, 0) is 9.59 Å². The molecule has 3 rings (SSSR count). The van der Waals surface area contributed by atoms with E-state index in [0.717, 1.165) is 16.9 Å². The molecule has 2 aromatic rings. The van der Waals surface area contributed by atoms with Crippen molar-refractivity contribution in [1.82, 2.24) is 10.2 Å². The molecule has 0 aromatic heterocycles. The fourth-order valence-corrected chi connectivity index (χ4v) is 3.12. The van der Waals surface area contributed by atoms with Gasteiger partial charge in [0.1, 0.15) is 12.2 Å². The number of benzene rings is 2. The van der Waals surface area contributed by atoms with Crippen molar-refractivity contribution in [3.05, 3.63) is 59.3 Å². The Bertz CT molecular complexity index is 1060. The lowest BCUT2D eigenvalue weighted by Gasteiger charge is -2.15. The Morgan fingerprint density at radius 3 is 2.66 bits per heavy atom. The van der Waals surface area contributed by atoms with Crippen molar-refractivity contribution in [2.24, 2.45) is 0 Å². The lowest BCUT2D eigenvalue weighted by molar-refractivity contribution is -0.127. The maximum absolute atomic E-state index is 12.7. The number of aryl methyl sites for hydroxylation is 1. The highest BCUT2D eigenvalue weighted by Crippen LogP contribution is 2.30. The van der Waals surface area contributed by atoms with Gasteiger partial charge in [-0.1, -0.05) is 25.1 Å². The molecule has 0 unspecified atom stereocenters. The summed E-state index contributed by atoms with van der Waals surface area (Å²) in [6.45, 7) is 5.51. The van der Waals surface area contributed by atoms with Crippen molar-refractivity contribution in [1.29, 1.82) is 0 Å². The molecule has 1 atom stereocenters. The van der Waals surface area contributed by atoms with Crippen LogP contribution in [0.4, 0.5) is 10.5 Å². The number of carbonyl (C=O) groups excluding carboxylic acids is 3. The van der Waals surface area contributed by atoms with Gasteiger partial charge in [0.05, 0.1) is 13.2 Å². The number of imide groups is 1. The zero-order valence-electron chi connectivity index (χ0n) is 18.6. The Labute approximate surface area is 187 Å². The van der Waals surface area contributed by atoms with Crippen LogP contribution in [-0.4, -0.2) is 42.5 Å². The van der Waals surface area contributed by atoms with Gasteiger partial charge in [0.25, 0.3) is 5.91 Å². The summed E-state index contributed by atoms with van der Waals surface area (Å²) in [6, 6.07) is 11.9. The summed E-state index contributed by atoms with van der Waals surface area (Å²) in [7, 11) is 1.53. The quantitative estimate of drug-likeness (QED) is 0.485. The molecule has 32 heavy (non-hydrogen) atoms. The number of carbonyl (C=O) groups is 3. The van der Waals surface area contributed by atoms with Crippen molar-refractivity contribution in [2.45, 2.75) is 33.3 Å². The number of anilines is 1. The molecule has 0 bridgehead atoms. The standard InChI is InChI=1S/C24H27N3O5/c1-5-16(3)32-20-10-9-17(13-21(20)31-4)12-19-23(29)27(24(30)26-19)14-22(28)25-18-8-6-7-15(2)11-18/h6-13,16H,5,14H2,1-4H3,(H,25,28)(H,26,30)/b19-12+/t16-/m1/s1. The summed E-state index contributed by atoms with van der Waals surface area (Å²) in [6.07, 6.45) is 2.42. The third-order valence-electron chi connectivity index (χ3n) is 4.97. The Morgan fingerprint density at radius 1 is 1.19 bits per heavy atom. The lowest BCUT2D eigenvalue weighted by Crippen LogP contribution is -2.38. The second kappa shape index (κ2) is 10.00. The zero-order valence-corrected chi connectivity index (χ0v) is 18.6. The maximum atomic E-state index is 12.7. The zero-order chi connectivity index (χ0) is 23.3. The van der Waals surface area contributed by atoms with Gasteiger partial charge in [-0.15, -0.1) is 0 Å². The normalized spacial score (nSPS) is 15.5. The molecule has 4 amide bonds. The van der Waals surface area contributed by atoms with Crippen LogP contribution in [0.3, 0.4) is 0 Å². The van der Waals surface area contributed by atoms with Crippen LogP contribution >= 0.6 is 0 Å². The molecular formula is C24H27N3O5. The molecule has 0 saturated carbocycles. The minimum atomic E-state index is -0.649. The Hall–Kier alpha value is -3.81. The van der Waals surface area contributed by atoms with Crippen LogP contribution in [0.2, 0.25) is 0 Å². The third-order valence-corrected chi connectivity index (χ3v) is 4.97. The van der Waals surface area contributed by atoms with Crippen LogP contribution in [0.15, 0.2) is 48.2 Å². The Kier molecular flexibility index (Phi) is 7.14. The van der Waals surface area contributed by atoms with Crippen LogP contribution < -0.4 is 20.1 Å². The van der Waals surface area contributed by atoms with Crippen LogP contribution in [0.1, 0.15) is 31.4 Å². The Morgan fingerprint density at radius 2 is 1.97 bits per heavy atom. The van der Waals surface area contributed by atoms with Gasteiger partial charge in [0.15, 0.2) is 11.5 Å². The summed E-state index contributed by atoms with van der Waals surface area (Å²) in [5, 5.41) is 5.21. The minimum absolute atomic E-state index is 0.0308. The van der Waals surface area contributed by atoms with Gasteiger partial charge in [-0.3, -0.25) is 9.59 Å². The van der Waals surface area contributed by atoms with E-state index in [4.69, 9.17) is 9.47 Å². The van der Waals surface area contributed by atoms with Crippen molar-refractivity contribution < 1.29 is 23.9 Å². The molecule has 8 nitrogen and oxygen atoms in total. The van der Waals surface area contributed by atoms with Crippen LogP contribution in [0.5, 0.6) is 11.5 Å². The largest absolute Gasteiger partial charge is 0.493 e. The van der Waals surface area contributed by atoms with E-state index in [1.54, 1.807) is 30.3 Å². The second-order valence-electron chi connectivity index (χ2n) is 7.54. The van der Waals surface area contributed by atoms with Gasteiger partial charge in [0.2, 0.25) is 5.91 Å². The molecule has 1 heterocycles. The van der Waals surface area contributed by atoms with Crippen LogP contribution in [0.25, 0.3) is 6.08 Å². The van der Waals surface area contributed by atoms with E-state index in [1.165, 1.54) is 13.2 Å². The number of ether oxygens (including phenoxy) is 2. The molecule has 1 saturated heterocycles. The molecule has 1 aliphatic heterocycles. The van der Waals surface area contributed by atoms with Gasteiger partial charge in [0, 0.05) is 5.69 Å². The van der Waals surface area contributed by atoms with Gasteiger partial charge >= 0.3 is 6.03 Å². The van der Waals surface area contributed by atoms with Gasteiger partial charge in [-0.2, -0.15) is 0 Å². The fourth-order valence-electron chi connectivity index (χ4n) is 3.12. The van der Waals surface area contributed by atoms with Crippen molar-refractivity contribution in [3.63, 3.8) is 0 Å². The summed E-state index contributed by atoms with van der Waals surface area (Å²) in [5.74, 6) is 0.0768. The summed E-state index contributed by atoms with van der Waals surface area (Å²) < 4.78 is 11.2. The van der Waals surface area contributed by atoms with E-state index in [0.29, 0.717) is 22.7 Å².